The fourth-order valence-corrected chi connectivity index (χ4v) is 1.55. The third kappa shape index (κ3) is 1.89. The second-order valence-electron chi connectivity index (χ2n) is 3.63. The van der Waals surface area contributed by atoms with Gasteiger partial charge in [-0.25, -0.2) is 4.79 Å². The molecule has 0 saturated heterocycles. The van der Waals surface area contributed by atoms with Crippen LogP contribution in [0.25, 0.3) is 0 Å². The minimum Gasteiger partial charge on any atom is -0.312 e. The molecule has 1 aromatic heterocycles. The number of imidazole rings is 1. The van der Waals surface area contributed by atoms with E-state index in [4.69, 9.17) is 5.26 Å². The molecule has 0 amide bonds. The normalized spacial score (nSPS) is 10.0. The van der Waals surface area contributed by atoms with Crippen LogP contribution in [-0.4, -0.2) is 9.55 Å². The SMILES string of the molecule is Cn1c(Cc2ccc(C#N)cc2)c[nH]c1=O. The van der Waals surface area contributed by atoms with Crippen molar-refractivity contribution in [1.29, 1.82) is 5.26 Å². The van der Waals surface area contributed by atoms with Gasteiger partial charge in [0.2, 0.25) is 0 Å². The maximum absolute atomic E-state index is 11.2. The number of aromatic amines is 1. The highest BCUT2D eigenvalue weighted by Gasteiger charge is 2.03. The Morgan fingerprint density at radius 1 is 1.38 bits per heavy atom. The van der Waals surface area contributed by atoms with Gasteiger partial charge < -0.3 is 4.98 Å². The summed E-state index contributed by atoms with van der Waals surface area (Å²) in [5.74, 6) is 0. The molecule has 0 unspecified atom stereocenters. The van der Waals surface area contributed by atoms with Crippen LogP contribution in [0.15, 0.2) is 35.3 Å². The number of hydrogen-bond acceptors (Lipinski definition) is 2. The highest BCUT2D eigenvalue weighted by Crippen LogP contribution is 2.08. The molecule has 0 bridgehead atoms. The van der Waals surface area contributed by atoms with Crippen molar-refractivity contribution >= 4 is 0 Å². The molecule has 0 radical (unpaired) electrons. The van der Waals surface area contributed by atoms with E-state index in [0.717, 1.165) is 11.3 Å². The van der Waals surface area contributed by atoms with E-state index in [2.05, 4.69) is 11.1 Å². The van der Waals surface area contributed by atoms with Gasteiger partial charge in [0.1, 0.15) is 0 Å². The van der Waals surface area contributed by atoms with E-state index in [1.54, 1.807) is 29.9 Å². The van der Waals surface area contributed by atoms with Gasteiger partial charge in [-0.15, -0.1) is 0 Å². The van der Waals surface area contributed by atoms with E-state index in [1.165, 1.54) is 0 Å². The molecule has 1 N–H and O–H groups in total. The number of nitrogens with zero attached hydrogens (tertiary/aromatic N) is 2. The Morgan fingerprint density at radius 3 is 2.56 bits per heavy atom. The third-order valence-corrected chi connectivity index (χ3v) is 2.57. The van der Waals surface area contributed by atoms with Gasteiger partial charge in [0, 0.05) is 25.4 Å². The lowest BCUT2D eigenvalue weighted by atomic mass is 10.1. The number of aromatic nitrogens is 2. The van der Waals surface area contributed by atoms with E-state index in [9.17, 15) is 4.79 Å². The fraction of sp³-hybridized carbons (Fsp3) is 0.167. The molecular formula is C12H11N3O. The molecule has 0 spiro atoms. The standard InChI is InChI=1S/C12H11N3O/c1-15-11(8-14-12(15)16)6-9-2-4-10(7-13)5-3-9/h2-5,8H,6H2,1H3,(H,14,16). The zero-order valence-corrected chi connectivity index (χ0v) is 8.90. The fourth-order valence-electron chi connectivity index (χ4n) is 1.55. The summed E-state index contributed by atoms with van der Waals surface area (Å²) in [6, 6.07) is 9.43. The Labute approximate surface area is 92.8 Å². The molecule has 0 fully saturated rings. The average molecular weight is 213 g/mol. The van der Waals surface area contributed by atoms with Crippen molar-refractivity contribution in [3.63, 3.8) is 0 Å². The van der Waals surface area contributed by atoms with Crippen molar-refractivity contribution in [1.82, 2.24) is 9.55 Å². The number of rotatable bonds is 2. The van der Waals surface area contributed by atoms with Crippen molar-refractivity contribution in [2.75, 3.05) is 0 Å². The van der Waals surface area contributed by atoms with E-state index in [0.29, 0.717) is 12.0 Å². The number of nitriles is 1. The Kier molecular flexibility index (Phi) is 2.61. The predicted octanol–water partition coefficient (Wildman–Crippen LogP) is 1.18. The number of H-pyrrole nitrogens is 1. The molecule has 4 nitrogen and oxygen atoms in total. The summed E-state index contributed by atoms with van der Waals surface area (Å²) in [7, 11) is 1.73. The molecule has 4 heteroatoms. The van der Waals surface area contributed by atoms with Gasteiger partial charge in [0.05, 0.1) is 11.6 Å². The summed E-state index contributed by atoms with van der Waals surface area (Å²) in [6.07, 6.45) is 2.39. The Bertz CT molecular complexity index is 584. The largest absolute Gasteiger partial charge is 0.325 e. The van der Waals surface area contributed by atoms with Crippen LogP contribution in [0, 0.1) is 11.3 Å². The smallest absolute Gasteiger partial charge is 0.312 e. The molecule has 0 aliphatic heterocycles. The predicted molar refractivity (Wildman–Crippen MR) is 60.0 cm³/mol. The van der Waals surface area contributed by atoms with Crippen LogP contribution >= 0.6 is 0 Å². The summed E-state index contributed by atoms with van der Waals surface area (Å²) in [6.45, 7) is 0. The van der Waals surface area contributed by atoms with Crippen LogP contribution in [0.2, 0.25) is 0 Å². The molecule has 1 aromatic carbocycles. The minimum atomic E-state index is -0.108. The molecule has 80 valence electrons. The van der Waals surface area contributed by atoms with Crippen molar-refractivity contribution in [2.45, 2.75) is 6.42 Å². The van der Waals surface area contributed by atoms with Gasteiger partial charge in [-0.05, 0) is 17.7 Å². The van der Waals surface area contributed by atoms with Gasteiger partial charge in [0.15, 0.2) is 0 Å². The summed E-state index contributed by atoms with van der Waals surface area (Å²) < 4.78 is 1.58. The van der Waals surface area contributed by atoms with Crippen LogP contribution < -0.4 is 5.69 Å². The molecule has 0 saturated carbocycles. The molecular weight excluding hydrogens is 202 g/mol. The topological polar surface area (TPSA) is 61.6 Å². The summed E-state index contributed by atoms with van der Waals surface area (Å²) in [4.78, 5) is 13.8. The Balaban J connectivity index is 2.24. The maximum Gasteiger partial charge on any atom is 0.325 e. The maximum atomic E-state index is 11.2. The van der Waals surface area contributed by atoms with E-state index in [1.807, 2.05) is 12.1 Å². The van der Waals surface area contributed by atoms with Gasteiger partial charge in [-0.1, -0.05) is 12.1 Å². The first-order valence-corrected chi connectivity index (χ1v) is 4.93. The zero-order valence-electron chi connectivity index (χ0n) is 8.90. The molecule has 16 heavy (non-hydrogen) atoms. The second kappa shape index (κ2) is 4.07. The summed E-state index contributed by atoms with van der Waals surface area (Å²) in [5.41, 5.74) is 2.54. The summed E-state index contributed by atoms with van der Waals surface area (Å²) >= 11 is 0. The first kappa shape index (κ1) is 10.2. The highest BCUT2D eigenvalue weighted by atomic mass is 16.1. The first-order valence-electron chi connectivity index (χ1n) is 4.93. The molecule has 2 aromatic rings. The van der Waals surface area contributed by atoms with Crippen molar-refractivity contribution in [2.24, 2.45) is 7.05 Å². The van der Waals surface area contributed by atoms with Crippen LogP contribution in [-0.2, 0) is 13.5 Å². The minimum absolute atomic E-state index is 0.108. The first-order chi connectivity index (χ1) is 7.70. The lowest BCUT2D eigenvalue weighted by molar-refractivity contribution is 0.808. The molecule has 0 aliphatic rings. The van der Waals surface area contributed by atoms with Gasteiger partial charge >= 0.3 is 5.69 Å². The van der Waals surface area contributed by atoms with E-state index < -0.39 is 0 Å². The molecule has 0 aliphatic carbocycles. The molecule has 1 heterocycles. The van der Waals surface area contributed by atoms with Crippen LogP contribution in [0.4, 0.5) is 0 Å². The molecule has 0 atom stereocenters. The highest BCUT2D eigenvalue weighted by molar-refractivity contribution is 5.33. The van der Waals surface area contributed by atoms with Gasteiger partial charge in [-0.3, -0.25) is 4.57 Å². The van der Waals surface area contributed by atoms with Gasteiger partial charge in [0.25, 0.3) is 0 Å². The second-order valence-corrected chi connectivity index (χ2v) is 3.63. The van der Waals surface area contributed by atoms with E-state index >= 15 is 0 Å². The Morgan fingerprint density at radius 2 is 2.06 bits per heavy atom. The quantitative estimate of drug-likeness (QED) is 0.814. The van der Waals surface area contributed by atoms with Crippen LogP contribution in [0.1, 0.15) is 16.8 Å². The third-order valence-electron chi connectivity index (χ3n) is 2.57. The number of hydrogen-bond donors (Lipinski definition) is 1. The van der Waals surface area contributed by atoms with Crippen molar-refractivity contribution in [3.05, 3.63) is 57.8 Å². The zero-order chi connectivity index (χ0) is 11.5. The van der Waals surface area contributed by atoms with Crippen molar-refractivity contribution < 1.29 is 0 Å². The molecule has 2 rings (SSSR count). The lowest BCUT2D eigenvalue weighted by Gasteiger charge is -2.01. The number of nitrogens with one attached hydrogen (secondary N) is 1. The van der Waals surface area contributed by atoms with Gasteiger partial charge in [-0.2, -0.15) is 5.26 Å². The van der Waals surface area contributed by atoms with Crippen molar-refractivity contribution in [3.8, 4) is 6.07 Å². The lowest BCUT2D eigenvalue weighted by Crippen LogP contribution is -2.14. The summed E-state index contributed by atoms with van der Waals surface area (Å²) in [5, 5.41) is 8.67. The number of benzene rings is 1. The van der Waals surface area contributed by atoms with Crippen LogP contribution in [0.3, 0.4) is 0 Å². The Hall–Kier alpha value is -2.28. The average Bonchev–Trinajstić information content (AvgIpc) is 2.62. The van der Waals surface area contributed by atoms with E-state index in [-0.39, 0.29) is 5.69 Å². The monoisotopic (exact) mass is 213 g/mol. The van der Waals surface area contributed by atoms with Crippen LogP contribution in [0.5, 0.6) is 0 Å².